The fraction of sp³-hybridized carbons (Fsp3) is 0.333. The Morgan fingerprint density at radius 1 is 1.20 bits per heavy atom. The number of hydrogen-bond donors (Lipinski definition) is 2. The Labute approximate surface area is 146 Å². The Kier molecular flexibility index (Phi) is 5.42. The highest BCUT2D eigenvalue weighted by molar-refractivity contribution is 5.94. The number of amides is 1. The van der Waals surface area contributed by atoms with Crippen molar-refractivity contribution in [3.63, 3.8) is 0 Å². The van der Waals surface area contributed by atoms with E-state index in [1.54, 1.807) is 30.5 Å². The Morgan fingerprint density at radius 2 is 1.96 bits per heavy atom. The van der Waals surface area contributed by atoms with E-state index < -0.39 is 0 Å². The van der Waals surface area contributed by atoms with Crippen LogP contribution < -0.4 is 15.5 Å². The number of carbonyl (C=O) groups excluding carboxylic acids is 1. The van der Waals surface area contributed by atoms with Gasteiger partial charge >= 0.3 is 0 Å². The molecule has 1 amide bonds. The summed E-state index contributed by atoms with van der Waals surface area (Å²) >= 11 is 0. The first-order chi connectivity index (χ1) is 12.3. The van der Waals surface area contributed by atoms with Gasteiger partial charge in [-0.05, 0) is 37.1 Å². The minimum atomic E-state index is -0.164. The Bertz CT molecular complexity index is 762. The van der Waals surface area contributed by atoms with Crippen molar-refractivity contribution in [3.8, 4) is 6.07 Å². The molecule has 0 atom stereocenters. The zero-order valence-corrected chi connectivity index (χ0v) is 13.9. The summed E-state index contributed by atoms with van der Waals surface area (Å²) in [4.78, 5) is 14.3. The van der Waals surface area contributed by atoms with E-state index in [1.165, 1.54) is 12.8 Å². The van der Waals surface area contributed by atoms with E-state index in [1.807, 2.05) is 12.1 Å². The van der Waals surface area contributed by atoms with E-state index in [2.05, 4.69) is 25.7 Å². The average molecular weight is 336 g/mol. The predicted octanol–water partition coefficient (Wildman–Crippen LogP) is 1.79. The van der Waals surface area contributed by atoms with Crippen molar-refractivity contribution in [2.75, 3.05) is 36.4 Å². The largest absolute Gasteiger partial charge is 0.370 e. The number of nitriles is 1. The number of anilines is 2. The first kappa shape index (κ1) is 16.7. The van der Waals surface area contributed by atoms with Gasteiger partial charge in [0.05, 0.1) is 23.5 Å². The Morgan fingerprint density at radius 3 is 2.68 bits per heavy atom. The average Bonchev–Trinajstić information content (AvgIpc) is 3.20. The van der Waals surface area contributed by atoms with Gasteiger partial charge in [0.1, 0.15) is 0 Å². The molecule has 128 valence electrons. The fourth-order valence-corrected chi connectivity index (χ4v) is 2.76. The van der Waals surface area contributed by atoms with Crippen LogP contribution in [0.4, 0.5) is 11.5 Å². The smallest absolute Gasteiger partial charge is 0.251 e. The molecule has 7 heteroatoms. The van der Waals surface area contributed by atoms with Gasteiger partial charge in [-0.15, -0.1) is 5.10 Å². The van der Waals surface area contributed by atoms with E-state index >= 15 is 0 Å². The van der Waals surface area contributed by atoms with Crippen molar-refractivity contribution in [1.82, 2.24) is 15.5 Å². The number of aromatic nitrogens is 2. The topological polar surface area (TPSA) is 93.9 Å². The molecular formula is C18H20N6O. The molecule has 1 aromatic heterocycles. The van der Waals surface area contributed by atoms with Crippen LogP contribution in [0.15, 0.2) is 36.5 Å². The maximum Gasteiger partial charge on any atom is 0.251 e. The van der Waals surface area contributed by atoms with Gasteiger partial charge in [0.25, 0.3) is 5.91 Å². The summed E-state index contributed by atoms with van der Waals surface area (Å²) in [6.07, 6.45) is 4.21. The zero-order valence-electron chi connectivity index (χ0n) is 13.9. The highest BCUT2D eigenvalue weighted by Crippen LogP contribution is 2.20. The molecule has 2 heterocycles. The third-order valence-corrected chi connectivity index (χ3v) is 4.10. The highest BCUT2D eigenvalue weighted by atomic mass is 16.1. The normalized spacial score (nSPS) is 13.3. The SMILES string of the molecule is N#Cc1ccc(C(=O)NCCNc2cc(N3CCCC3)cnn2)cc1. The summed E-state index contributed by atoms with van der Waals surface area (Å²) in [5.41, 5.74) is 2.15. The lowest BCUT2D eigenvalue weighted by Crippen LogP contribution is -2.29. The number of nitrogens with zero attached hydrogens (tertiary/aromatic N) is 4. The molecule has 0 bridgehead atoms. The van der Waals surface area contributed by atoms with Crippen molar-refractivity contribution in [2.45, 2.75) is 12.8 Å². The van der Waals surface area contributed by atoms with Crippen molar-refractivity contribution >= 4 is 17.4 Å². The number of carbonyl (C=O) groups is 1. The number of rotatable bonds is 6. The summed E-state index contributed by atoms with van der Waals surface area (Å²) < 4.78 is 0. The molecule has 1 aliphatic rings. The van der Waals surface area contributed by atoms with E-state index in [0.29, 0.717) is 30.0 Å². The zero-order chi connectivity index (χ0) is 17.5. The van der Waals surface area contributed by atoms with Crippen LogP contribution in [0.5, 0.6) is 0 Å². The minimum Gasteiger partial charge on any atom is -0.370 e. The van der Waals surface area contributed by atoms with Crippen LogP contribution in [-0.2, 0) is 0 Å². The molecule has 1 saturated heterocycles. The highest BCUT2D eigenvalue weighted by Gasteiger charge is 2.13. The quantitative estimate of drug-likeness (QED) is 0.781. The molecule has 1 fully saturated rings. The number of nitrogens with one attached hydrogen (secondary N) is 2. The van der Waals surface area contributed by atoms with E-state index in [-0.39, 0.29) is 5.91 Å². The second-order valence-corrected chi connectivity index (χ2v) is 5.86. The van der Waals surface area contributed by atoms with Crippen molar-refractivity contribution < 1.29 is 4.79 Å². The molecule has 0 saturated carbocycles. The van der Waals surface area contributed by atoms with Crippen LogP contribution in [0.1, 0.15) is 28.8 Å². The van der Waals surface area contributed by atoms with Crippen molar-refractivity contribution in [1.29, 1.82) is 5.26 Å². The summed E-state index contributed by atoms with van der Waals surface area (Å²) in [6, 6.07) is 10.6. The lowest BCUT2D eigenvalue weighted by Gasteiger charge is -2.17. The fourth-order valence-electron chi connectivity index (χ4n) is 2.76. The molecule has 0 aliphatic carbocycles. The second kappa shape index (κ2) is 8.11. The van der Waals surface area contributed by atoms with Crippen LogP contribution in [0.25, 0.3) is 0 Å². The molecule has 3 rings (SSSR count). The van der Waals surface area contributed by atoms with Crippen LogP contribution in [-0.4, -0.2) is 42.3 Å². The molecule has 1 aliphatic heterocycles. The van der Waals surface area contributed by atoms with Gasteiger partial charge in [0.15, 0.2) is 5.82 Å². The lowest BCUT2D eigenvalue weighted by molar-refractivity contribution is 0.0955. The van der Waals surface area contributed by atoms with Crippen molar-refractivity contribution in [2.24, 2.45) is 0 Å². The standard InChI is InChI=1S/C18H20N6O/c19-12-14-3-5-15(6-4-14)18(25)21-8-7-20-17-11-16(13-22-23-17)24-9-1-2-10-24/h3-6,11,13H,1-2,7-10H2,(H,20,23)(H,21,25). The van der Waals surface area contributed by atoms with Crippen LogP contribution >= 0.6 is 0 Å². The number of benzene rings is 1. The Hall–Kier alpha value is -3.14. The minimum absolute atomic E-state index is 0.164. The van der Waals surface area contributed by atoms with Crippen LogP contribution in [0.3, 0.4) is 0 Å². The molecule has 7 nitrogen and oxygen atoms in total. The van der Waals surface area contributed by atoms with Gasteiger partial charge in [-0.2, -0.15) is 10.4 Å². The number of hydrogen-bond acceptors (Lipinski definition) is 6. The van der Waals surface area contributed by atoms with Gasteiger partial charge < -0.3 is 15.5 Å². The van der Waals surface area contributed by atoms with Crippen LogP contribution in [0.2, 0.25) is 0 Å². The molecular weight excluding hydrogens is 316 g/mol. The van der Waals surface area contributed by atoms with E-state index in [4.69, 9.17) is 5.26 Å². The first-order valence-electron chi connectivity index (χ1n) is 8.36. The van der Waals surface area contributed by atoms with Gasteiger partial charge in [0.2, 0.25) is 0 Å². The summed E-state index contributed by atoms with van der Waals surface area (Å²) in [5, 5.41) is 22.9. The van der Waals surface area contributed by atoms with Gasteiger partial charge in [0, 0.05) is 37.8 Å². The third kappa shape index (κ3) is 4.44. The molecule has 0 unspecified atom stereocenters. The molecule has 1 aromatic carbocycles. The predicted molar refractivity (Wildman–Crippen MR) is 95.5 cm³/mol. The summed E-state index contributed by atoms with van der Waals surface area (Å²) in [7, 11) is 0. The first-order valence-corrected chi connectivity index (χ1v) is 8.36. The van der Waals surface area contributed by atoms with E-state index in [9.17, 15) is 4.79 Å². The summed E-state index contributed by atoms with van der Waals surface area (Å²) in [6.45, 7) is 3.15. The van der Waals surface area contributed by atoms with E-state index in [0.717, 1.165) is 18.8 Å². The molecule has 0 spiro atoms. The molecule has 0 radical (unpaired) electrons. The lowest BCUT2D eigenvalue weighted by atomic mass is 10.1. The summed E-state index contributed by atoms with van der Waals surface area (Å²) in [5.74, 6) is 0.542. The van der Waals surface area contributed by atoms with Crippen molar-refractivity contribution in [3.05, 3.63) is 47.7 Å². The van der Waals surface area contributed by atoms with Gasteiger partial charge in [-0.25, -0.2) is 0 Å². The maximum absolute atomic E-state index is 12.0. The third-order valence-electron chi connectivity index (χ3n) is 4.10. The van der Waals surface area contributed by atoms with Crippen LogP contribution in [0, 0.1) is 11.3 Å². The molecule has 2 N–H and O–H groups in total. The van der Waals surface area contributed by atoms with Gasteiger partial charge in [-0.1, -0.05) is 0 Å². The second-order valence-electron chi connectivity index (χ2n) is 5.86. The monoisotopic (exact) mass is 336 g/mol. The molecule has 2 aromatic rings. The Balaban J connectivity index is 1.45. The van der Waals surface area contributed by atoms with Gasteiger partial charge in [-0.3, -0.25) is 4.79 Å². The molecule has 25 heavy (non-hydrogen) atoms. The maximum atomic E-state index is 12.0.